The van der Waals surface area contributed by atoms with Crippen molar-refractivity contribution in [3.63, 3.8) is 0 Å². The maximum atomic E-state index is 5.95. The summed E-state index contributed by atoms with van der Waals surface area (Å²) in [6.07, 6.45) is 0. The lowest BCUT2D eigenvalue weighted by Gasteiger charge is -2.31. The Hall–Kier alpha value is -1.56. The molecule has 2 N–H and O–H groups in total. The zero-order valence-corrected chi connectivity index (χ0v) is 12.8. The number of nitrogens with zero attached hydrogens (tertiary/aromatic N) is 3. The second kappa shape index (κ2) is 6.05. The number of piperazine rings is 1. The molecule has 2 aromatic rings. The average molecular weight is 307 g/mol. The highest BCUT2D eigenvalue weighted by atomic mass is 35.5. The number of rotatable bonds is 3. The number of halogens is 1. The molecule has 0 aliphatic carbocycles. The van der Waals surface area contributed by atoms with Crippen molar-refractivity contribution in [2.75, 3.05) is 39.0 Å². The van der Waals surface area contributed by atoms with E-state index in [1.54, 1.807) is 0 Å². The van der Waals surface area contributed by atoms with Crippen LogP contribution in [-0.2, 0) is 6.54 Å². The van der Waals surface area contributed by atoms with Crippen LogP contribution in [0, 0.1) is 0 Å². The summed E-state index contributed by atoms with van der Waals surface area (Å²) >= 11 is 5.94. The van der Waals surface area contributed by atoms with Crippen LogP contribution in [0.3, 0.4) is 0 Å². The van der Waals surface area contributed by atoms with Gasteiger partial charge in [0, 0.05) is 37.7 Å². The highest BCUT2D eigenvalue weighted by Gasteiger charge is 2.20. The standard InChI is InChI=1S/C15H19ClN4O/c1-19-6-8-20(9-7-19)10-13-14(15(17)21-18-13)11-2-4-12(16)5-3-11/h2-5H,6-10,17H2,1H3. The molecule has 112 valence electrons. The third kappa shape index (κ3) is 3.20. The molecule has 0 radical (unpaired) electrons. The quantitative estimate of drug-likeness (QED) is 0.943. The molecule has 6 heteroatoms. The molecule has 1 fully saturated rings. The molecule has 5 nitrogen and oxygen atoms in total. The Morgan fingerprint density at radius 1 is 1.19 bits per heavy atom. The Bertz CT molecular complexity index is 603. The summed E-state index contributed by atoms with van der Waals surface area (Å²) in [5.41, 5.74) is 8.71. The molecule has 0 amide bonds. The lowest BCUT2D eigenvalue weighted by Crippen LogP contribution is -2.44. The van der Waals surface area contributed by atoms with Gasteiger partial charge in [0.05, 0.1) is 5.56 Å². The van der Waals surface area contributed by atoms with Crippen LogP contribution in [0.15, 0.2) is 28.8 Å². The number of hydrogen-bond acceptors (Lipinski definition) is 5. The summed E-state index contributed by atoms with van der Waals surface area (Å²) in [6.45, 7) is 4.96. The van der Waals surface area contributed by atoms with Gasteiger partial charge in [-0.05, 0) is 24.7 Å². The van der Waals surface area contributed by atoms with Gasteiger partial charge in [0.2, 0.25) is 5.88 Å². The van der Waals surface area contributed by atoms with E-state index in [4.69, 9.17) is 21.9 Å². The SMILES string of the molecule is CN1CCN(Cc2noc(N)c2-c2ccc(Cl)cc2)CC1. The lowest BCUT2D eigenvalue weighted by atomic mass is 10.1. The Morgan fingerprint density at radius 3 is 2.52 bits per heavy atom. The first-order valence-electron chi connectivity index (χ1n) is 7.04. The number of hydrogen-bond donors (Lipinski definition) is 1. The third-order valence-corrected chi connectivity index (χ3v) is 4.14. The van der Waals surface area contributed by atoms with Crippen LogP contribution in [-0.4, -0.2) is 48.2 Å². The summed E-state index contributed by atoms with van der Waals surface area (Å²) in [6, 6.07) is 7.59. The van der Waals surface area contributed by atoms with Gasteiger partial charge in [-0.1, -0.05) is 28.9 Å². The van der Waals surface area contributed by atoms with Gasteiger partial charge in [-0.25, -0.2) is 0 Å². The third-order valence-electron chi connectivity index (χ3n) is 3.89. The minimum Gasteiger partial charge on any atom is -0.367 e. The Labute approximate surface area is 129 Å². The monoisotopic (exact) mass is 306 g/mol. The molecule has 0 atom stereocenters. The smallest absolute Gasteiger partial charge is 0.230 e. The second-order valence-electron chi connectivity index (χ2n) is 5.45. The van der Waals surface area contributed by atoms with Gasteiger partial charge in [0.25, 0.3) is 0 Å². The van der Waals surface area contributed by atoms with Crippen molar-refractivity contribution in [1.29, 1.82) is 0 Å². The molecule has 1 aromatic heterocycles. The lowest BCUT2D eigenvalue weighted by molar-refractivity contribution is 0.145. The van der Waals surface area contributed by atoms with Gasteiger partial charge >= 0.3 is 0 Å². The van der Waals surface area contributed by atoms with Gasteiger partial charge in [-0.2, -0.15) is 0 Å². The maximum Gasteiger partial charge on any atom is 0.230 e. The molecule has 0 unspecified atom stereocenters. The Morgan fingerprint density at radius 2 is 1.86 bits per heavy atom. The fourth-order valence-corrected chi connectivity index (χ4v) is 2.71. The van der Waals surface area contributed by atoms with Crippen LogP contribution in [0.25, 0.3) is 11.1 Å². The van der Waals surface area contributed by atoms with Crippen molar-refractivity contribution in [3.8, 4) is 11.1 Å². The number of likely N-dealkylation sites (N-methyl/N-ethyl adjacent to an activating group) is 1. The molecule has 1 aliphatic heterocycles. The van der Waals surface area contributed by atoms with Gasteiger partial charge < -0.3 is 15.2 Å². The molecule has 3 rings (SSSR count). The molecule has 0 saturated carbocycles. The van der Waals surface area contributed by atoms with Crippen LogP contribution in [0.4, 0.5) is 5.88 Å². The van der Waals surface area contributed by atoms with Crippen LogP contribution in [0.2, 0.25) is 5.02 Å². The molecule has 21 heavy (non-hydrogen) atoms. The highest BCUT2D eigenvalue weighted by Crippen LogP contribution is 2.31. The molecule has 0 bridgehead atoms. The van der Waals surface area contributed by atoms with Crippen molar-refractivity contribution in [2.24, 2.45) is 0 Å². The van der Waals surface area contributed by atoms with Gasteiger partial charge in [0.15, 0.2) is 0 Å². The number of aromatic nitrogens is 1. The minimum absolute atomic E-state index is 0.362. The van der Waals surface area contributed by atoms with E-state index >= 15 is 0 Å². The molecular formula is C15H19ClN4O. The van der Waals surface area contributed by atoms with E-state index in [-0.39, 0.29) is 0 Å². The van der Waals surface area contributed by atoms with Crippen molar-refractivity contribution in [1.82, 2.24) is 15.0 Å². The Balaban J connectivity index is 1.82. The van der Waals surface area contributed by atoms with Crippen molar-refractivity contribution in [2.45, 2.75) is 6.54 Å². The molecule has 2 heterocycles. The predicted octanol–water partition coefficient (Wildman–Crippen LogP) is 2.32. The topological polar surface area (TPSA) is 58.5 Å². The molecule has 1 aliphatic rings. The predicted molar refractivity (Wildman–Crippen MR) is 84.1 cm³/mol. The van der Waals surface area contributed by atoms with Crippen molar-refractivity contribution in [3.05, 3.63) is 35.0 Å². The van der Waals surface area contributed by atoms with E-state index < -0.39 is 0 Å². The van der Waals surface area contributed by atoms with Crippen LogP contribution >= 0.6 is 11.6 Å². The van der Waals surface area contributed by atoms with E-state index in [0.717, 1.165) is 49.5 Å². The van der Waals surface area contributed by atoms with E-state index in [9.17, 15) is 0 Å². The van der Waals surface area contributed by atoms with Crippen LogP contribution in [0.1, 0.15) is 5.69 Å². The van der Waals surface area contributed by atoms with E-state index in [2.05, 4.69) is 22.0 Å². The first-order chi connectivity index (χ1) is 10.1. The van der Waals surface area contributed by atoms with Crippen molar-refractivity contribution >= 4 is 17.5 Å². The van der Waals surface area contributed by atoms with Crippen LogP contribution in [0.5, 0.6) is 0 Å². The second-order valence-corrected chi connectivity index (χ2v) is 5.89. The van der Waals surface area contributed by atoms with Gasteiger partial charge in [0.1, 0.15) is 5.69 Å². The fraction of sp³-hybridized carbons (Fsp3) is 0.400. The zero-order valence-electron chi connectivity index (χ0n) is 12.1. The average Bonchev–Trinajstić information content (AvgIpc) is 2.83. The summed E-state index contributed by atoms with van der Waals surface area (Å²) in [5, 5.41) is 4.84. The molecule has 1 saturated heterocycles. The molecule has 1 aromatic carbocycles. The number of nitrogens with two attached hydrogens (primary N) is 1. The number of benzene rings is 1. The summed E-state index contributed by atoms with van der Waals surface area (Å²) < 4.78 is 5.20. The summed E-state index contributed by atoms with van der Waals surface area (Å²) in [7, 11) is 2.14. The van der Waals surface area contributed by atoms with Gasteiger partial charge in [-0.15, -0.1) is 0 Å². The first-order valence-corrected chi connectivity index (χ1v) is 7.42. The minimum atomic E-state index is 0.362. The van der Waals surface area contributed by atoms with E-state index in [1.807, 2.05) is 24.3 Å². The molecular weight excluding hydrogens is 288 g/mol. The Kier molecular flexibility index (Phi) is 4.14. The zero-order chi connectivity index (χ0) is 14.8. The number of anilines is 1. The largest absolute Gasteiger partial charge is 0.367 e. The van der Waals surface area contributed by atoms with Crippen LogP contribution < -0.4 is 5.73 Å². The highest BCUT2D eigenvalue weighted by molar-refractivity contribution is 6.30. The summed E-state index contributed by atoms with van der Waals surface area (Å²) in [5.74, 6) is 0.362. The van der Waals surface area contributed by atoms with E-state index in [1.165, 1.54) is 0 Å². The fourth-order valence-electron chi connectivity index (χ4n) is 2.59. The van der Waals surface area contributed by atoms with E-state index in [0.29, 0.717) is 10.9 Å². The van der Waals surface area contributed by atoms with Gasteiger partial charge in [-0.3, -0.25) is 4.90 Å². The number of nitrogen functional groups attached to an aromatic ring is 1. The summed E-state index contributed by atoms with van der Waals surface area (Å²) in [4.78, 5) is 4.70. The first kappa shape index (κ1) is 14.4. The van der Waals surface area contributed by atoms with Crippen molar-refractivity contribution < 1.29 is 4.52 Å². The normalized spacial score (nSPS) is 17.2. The maximum absolute atomic E-state index is 5.95. The molecule has 0 spiro atoms.